The monoisotopic (exact) mass is 314 g/mol. The van der Waals surface area contributed by atoms with Gasteiger partial charge in [-0.15, -0.1) is 12.4 Å². The van der Waals surface area contributed by atoms with Crippen LogP contribution in [0.4, 0.5) is 0 Å². The molecule has 5 heteroatoms. The van der Waals surface area contributed by atoms with E-state index in [2.05, 4.69) is 16.7 Å². The molecule has 2 N–H and O–H groups in total. The Bertz CT molecular complexity index is 483. The lowest BCUT2D eigenvalue weighted by Gasteiger charge is -2.18. The van der Waals surface area contributed by atoms with E-state index in [0.717, 1.165) is 43.8 Å². The van der Waals surface area contributed by atoms with Crippen molar-refractivity contribution in [2.24, 2.45) is 0 Å². The molecule has 3 nitrogen and oxygen atoms in total. The number of benzene rings is 1. The fourth-order valence-electron chi connectivity index (χ4n) is 2.82. The third-order valence-electron chi connectivity index (χ3n) is 4.27. The van der Waals surface area contributed by atoms with Gasteiger partial charge in [0.1, 0.15) is 0 Å². The molecule has 0 aromatic heterocycles. The molecule has 1 aliphatic carbocycles. The van der Waals surface area contributed by atoms with E-state index >= 15 is 0 Å². The van der Waals surface area contributed by atoms with Crippen LogP contribution in [0.25, 0.3) is 0 Å². The van der Waals surface area contributed by atoms with E-state index in [-0.39, 0.29) is 29.8 Å². The summed E-state index contributed by atoms with van der Waals surface area (Å²) in [5, 5.41) is 7.10. The number of nitrogens with one attached hydrogen (secondary N) is 2. The third-order valence-corrected chi connectivity index (χ3v) is 4.50. The number of carbonyl (C=O) groups excluding carboxylic acids is 1. The van der Waals surface area contributed by atoms with E-state index < -0.39 is 0 Å². The first-order chi connectivity index (χ1) is 9.20. The first-order valence-corrected chi connectivity index (χ1v) is 7.35. The molecule has 110 valence electrons. The van der Waals surface area contributed by atoms with Crippen molar-refractivity contribution >= 4 is 29.9 Å². The molecule has 0 spiro atoms. The van der Waals surface area contributed by atoms with E-state index in [1.807, 2.05) is 18.2 Å². The highest BCUT2D eigenvalue weighted by Gasteiger charge is 2.44. The maximum Gasteiger partial charge on any atom is 0.237 e. The molecule has 1 aromatic carbocycles. The predicted molar refractivity (Wildman–Crippen MR) is 83.6 cm³/mol. The van der Waals surface area contributed by atoms with E-state index in [9.17, 15) is 4.79 Å². The van der Waals surface area contributed by atoms with E-state index in [0.29, 0.717) is 0 Å². The highest BCUT2D eigenvalue weighted by molar-refractivity contribution is 6.30. The van der Waals surface area contributed by atoms with Gasteiger partial charge >= 0.3 is 0 Å². The Morgan fingerprint density at radius 1 is 1.45 bits per heavy atom. The maximum absolute atomic E-state index is 12.0. The fraction of sp³-hybridized carbons (Fsp3) is 0.533. The van der Waals surface area contributed by atoms with Gasteiger partial charge in [-0.2, -0.15) is 0 Å². The topological polar surface area (TPSA) is 41.1 Å². The second-order valence-electron chi connectivity index (χ2n) is 5.66. The van der Waals surface area contributed by atoms with Crippen LogP contribution in [-0.2, 0) is 10.2 Å². The van der Waals surface area contributed by atoms with Gasteiger partial charge in [-0.25, -0.2) is 0 Å². The number of amides is 1. The average Bonchev–Trinajstić information content (AvgIpc) is 3.00. The zero-order chi connectivity index (χ0) is 13.3. The molecule has 3 rings (SSSR count). The van der Waals surface area contributed by atoms with Gasteiger partial charge in [-0.1, -0.05) is 23.7 Å². The Morgan fingerprint density at radius 2 is 2.25 bits per heavy atom. The average molecular weight is 315 g/mol. The van der Waals surface area contributed by atoms with Gasteiger partial charge in [0.25, 0.3) is 0 Å². The highest BCUT2D eigenvalue weighted by atomic mass is 35.5. The van der Waals surface area contributed by atoms with Crippen LogP contribution in [0.1, 0.15) is 31.2 Å². The van der Waals surface area contributed by atoms with Crippen LogP contribution in [0.3, 0.4) is 0 Å². The summed E-state index contributed by atoms with van der Waals surface area (Å²) in [5.41, 5.74) is 1.37. The minimum Gasteiger partial charge on any atom is -0.354 e. The smallest absolute Gasteiger partial charge is 0.237 e. The Balaban J connectivity index is 0.00000147. The zero-order valence-electron chi connectivity index (χ0n) is 11.3. The van der Waals surface area contributed by atoms with Crippen molar-refractivity contribution in [3.05, 3.63) is 34.9 Å². The Kier molecular flexibility index (Phi) is 4.95. The van der Waals surface area contributed by atoms with Crippen molar-refractivity contribution < 1.29 is 4.79 Å². The van der Waals surface area contributed by atoms with Gasteiger partial charge in [0, 0.05) is 17.0 Å². The predicted octanol–water partition coefficient (Wildman–Crippen LogP) is 2.66. The van der Waals surface area contributed by atoms with Crippen molar-refractivity contribution in [3.63, 3.8) is 0 Å². The van der Waals surface area contributed by atoms with Crippen LogP contribution in [0.15, 0.2) is 24.3 Å². The molecule has 0 bridgehead atoms. The summed E-state index contributed by atoms with van der Waals surface area (Å²) in [6.45, 7) is 1.68. The number of hydrogen-bond donors (Lipinski definition) is 2. The SMILES string of the molecule is Cl.O=C(NCC1(c2cccc(Cl)c2)CC1)C1CCCN1. The van der Waals surface area contributed by atoms with Gasteiger partial charge in [0.15, 0.2) is 0 Å². The van der Waals surface area contributed by atoms with E-state index in [4.69, 9.17) is 11.6 Å². The molecule has 2 fully saturated rings. The Morgan fingerprint density at radius 3 is 2.85 bits per heavy atom. The molecule has 2 aliphatic rings. The summed E-state index contributed by atoms with van der Waals surface area (Å²) in [5.74, 6) is 0.144. The fourth-order valence-corrected chi connectivity index (χ4v) is 3.01. The van der Waals surface area contributed by atoms with Gasteiger partial charge < -0.3 is 10.6 Å². The second-order valence-corrected chi connectivity index (χ2v) is 6.09. The van der Waals surface area contributed by atoms with Crippen molar-refractivity contribution in [3.8, 4) is 0 Å². The molecule has 0 radical (unpaired) electrons. The van der Waals surface area contributed by atoms with Crippen LogP contribution in [-0.4, -0.2) is 25.0 Å². The first kappa shape index (κ1) is 15.6. The molecule has 1 heterocycles. The number of carbonyl (C=O) groups is 1. The highest BCUT2D eigenvalue weighted by Crippen LogP contribution is 2.48. The maximum atomic E-state index is 12.0. The first-order valence-electron chi connectivity index (χ1n) is 6.97. The molecule has 1 aliphatic heterocycles. The molecule has 20 heavy (non-hydrogen) atoms. The molecule has 1 unspecified atom stereocenters. The van der Waals surface area contributed by atoms with Crippen LogP contribution < -0.4 is 10.6 Å². The standard InChI is InChI=1S/C15H19ClN2O.ClH/c16-12-4-1-3-11(9-12)15(6-7-15)10-18-14(19)13-5-2-8-17-13;/h1,3-4,9,13,17H,2,5-8,10H2,(H,18,19);1H. The number of halogens is 2. The van der Waals surface area contributed by atoms with Gasteiger partial charge in [-0.3, -0.25) is 4.79 Å². The summed E-state index contributed by atoms with van der Waals surface area (Å²) < 4.78 is 0. The zero-order valence-corrected chi connectivity index (χ0v) is 12.9. The largest absolute Gasteiger partial charge is 0.354 e. The molecule has 1 saturated heterocycles. The van der Waals surface area contributed by atoms with Gasteiger partial charge in [-0.05, 0) is 49.9 Å². The third kappa shape index (κ3) is 3.27. The van der Waals surface area contributed by atoms with E-state index in [1.54, 1.807) is 0 Å². The Labute approximate surface area is 130 Å². The van der Waals surface area contributed by atoms with Gasteiger partial charge in [0.05, 0.1) is 6.04 Å². The van der Waals surface area contributed by atoms with Crippen LogP contribution in [0.2, 0.25) is 5.02 Å². The normalized spacial score (nSPS) is 22.9. The summed E-state index contributed by atoms with van der Waals surface area (Å²) in [4.78, 5) is 12.0. The quantitative estimate of drug-likeness (QED) is 0.897. The van der Waals surface area contributed by atoms with Crippen molar-refractivity contribution in [1.82, 2.24) is 10.6 Å². The molecule has 1 aromatic rings. The van der Waals surface area contributed by atoms with Crippen molar-refractivity contribution in [2.45, 2.75) is 37.1 Å². The minimum atomic E-state index is 0. The summed E-state index contributed by atoms with van der Waals surface area (Å²) in [7, 11) is 0. The second kappa shape index (κ2) is 6.33. The minimum absolute atomic E-state index is 0. The lowest BCUT2D eigenvalue weighted by atomic mass is 9.96. The number of rotatable bonds is 4. The van der Waals surface area contributed by atoms with Crippen molar-refractivity contribution in [1.29, 1.82) is 0 Å². The van der Waals surface area contributed by atoms with Crippen LogP contribution in [0, 0.1) is 0 Å². The summed E-state index contributed by atoms with van der Waals surface area (Å²) in [6.07, 6.45) is 4.31. The van der Waals surface area contributed by atoms with Crippen LogP contribution >= 0.6 is 24.0 Å². The molecule has 1 atom stereocenters. The number of hydrogen-bond acceptors (Lipinski definition) is 2. The Hall–Kier alpha value is -0.770. The van der Waals surface area contributed by atoms with Crippen LogP contribution in [0.5, 0.6) is 0 Å². The summed E-state index contributed by atoms with van der Waals surface area (Å²) >= 11 is 6.05. The molecule has 1 amide bonds. The van der Waals surface area contributed by atoms with E-state index in [1.165, 1.54) is 5.56 Å². The lowest BCUT2D eigenvalue weighted by molar-refractivity contribution is -0.122. The van der Waals surface area contributed by atoms with Gasteiger partial charge in [0.2, 0.25) is 5.91 Å². The van der Waals surface area contributed by atoms with Crippen molar-refractivity contribution in [2.75, 3.05) is 13.1 Å². The lowest BCUT2D eigenvalue weighted by Crippen LogP contribution is -2.43. The molecular formula is C15H20Cl2N2O. The molecular weight excluding hydrogens is 295 g/mol. The summed E-state index contributed by atoms with van der Waals surface area (Å²) in [6, 6.07) is 8.02. The molecule has 1 saturated carbocycles.